The second kappa shape index (κ2) is 6.23. The van der Waals surface area contributed by atoms with Crippen molar-refractivity contribution in [1.82, 2.24) is 4.98 Å². The summed E-state index contributed by atoms with van der Waals surface area (Å²) in [6.07, 6.45) is 1.77. The summed E-state index contributed by atoms with van der Waals surface area (Å²) in [6, 6.07) is 4.02. The van der Waals surface area contributed by atoms with Crippen LogP contribution in [-0.4, -0.2) is 22.5 Å². The van der Waals surface area contributed by atoms with E-state index in [0.717, 1.165) is 28.0 Å². The van der Waals surface area contributed by atoms with Gasteiger partial charge in [-0.15, -0.1) is 11.3 Å². The lowest BCUT2D eigenvalue weighted by Crippen LogP contribution is -2.03. The molecule has 0 fully saturated rings. The molecule has 92 valence electrons. The standard InChI is InChI=1S/C12H15NO2S2/c1-9(6-14)7-16-8-12-13-5-10(15-12)11-3-2-4-17-11/h2-5,9,14H,6-8H2,1H3/t9-/m0/s1. The highest BCUT2D eigenvalue weighted by atomic mass is 32.2. The van der Waals surface area contributed by atoms with E-state index in [0.29, 0.717) is 5.92 Å². The van der Waals surface area contributed by atoms with Crippen LogP contribution in [0.25, 0.3) is 10.6 Å². The highest BCUT2D eigenvalue weighted by Crippen LogP contribution is 2.26. The molecule has 0 amide bonds. The first-order valence-corrected chi connectivity index (χ1v) is 7.50. The van der Waals surface area contributed by atoms with Gasteiger partial charge in [0.1, 0.15) is 0 Å². The Morgan fingerprint density at radius 1 is 1.59 bits per heavy atom. The predicted octanol–water partition coefficient (Wildman–Crippen LogP) is 3.26. The number of aliphatic hydroxyl groups is 1. The van der Waals surface area contributed by atoms with Crippen LogP contribution in [0.5, 0.6) is 0 Å². The molecule has 3 nitrogen and oxygen atoms in total. The predicted molar refractivity (Wildman–Crippen MR) is 72.2 cm³/mol. The molecule has 1 atom stereocenters. The minimum atomic E-state index is 0.235. The second-order valence-electron chi connectivity index (χ2n) is 3.90. The molecule has 2 heterocycles. The van der Waals surface area contributed by atoms with E-state index in [2.05, 4.69) is 4.98 Å². The van der Waals surface area contributed by atoms with Crippen LogP contribution in [0, 0.1) is 5.92 Å². The number of aromatic nitrogens is 1. The zero-order valence-electron chi connectivity index (χ0n) is 9.63. The van der Waals surface area contributed by atoms with Crippen molar-refractivity contribution in [3.8, 4) is 10.6 Å². The largest absolute Gasteiger partial charge is 0.439 e. The van der Waals surface area contributed by atoms with Gasteiger partial charge in [0.05, 0.1) is 16.8 Å². The molecule has 0 bridgehead atoms. The van der Waals surface area contributed by atoms with E-state index < -0.39 is 0 Å². The van der Waals surface area contributed by atoms with Gasteiger partial charge in [0.2, 0.25) is 5.89 Å². The number of nitrogens with zero attached hydrogens (tertiary/aromatic N) is 1. The number of rotatable bonds is 6. The van der Waals surface area contributed by atoms with Gasteiger partial charge in [0.15, 0.2) is 5.76 Å². The minimum absolute atomic E-state index is 0.235. The van der Waals surface area contributed by atoms with Crippen LogP contribution in [0.1, 0.15) is 12.8 Å². The lowest BCUT2D eigenvalue weighted by Gasteiger charge is -2.04. The van der Waals surface area contributed by atoms with E-state index >= 15 is 0 Å². The van der Waals surface area contributed by atoms with Gasteiger partial charge in [-0.25, -0.2) is 4.98 Å². The highest BCUT2D eigenvalue weighted by Gasteiger charge is 2.08. The maximum atomic E-state index is 8.91. The fourth-order valence-electron chi connectivity index (χ4n) is 1.31. The maximum Gasteiger partial charge on any atom is 0.204 e. The second-order valence-corrected chi connectivity index (χ2v) is 5.88. The van der Waals surface area contributed by atoms with Crippen LogP contribution in [0.2, 0.25) is 0 Å². The van der Waals surface area contributed by atoms with Crippen molar-refractivity contribution >= 4 is 23.1 Å². The Bertz CT molecular complexity index is 439. The van der Waals surface area contributed by atoms with Crippen LogP contribution >= 0.6 is 23.1 Å². The van der Waals surface area contributed by atoms with Crippen LogP contribution in [0.4, 0.5) is 0 Å². The number of oxazole rings is 1. The summed E-state index contributed by atoms with van der Waals surface area (Å²) >= 11 is 3.38. The van der Waals surface area contributed by atoms with Crippen LogP contribution in [0.15, 0.2) is 28.1 Å². The molecule has 0 aliphatic carbocycles. The quantitative estimate of drug-likeness (QED) is 0.874. The van der Waals surface area contributed by atoms with E-state index in [1.54, 1.807) is 29.3 Å². The molecule has 2 aromatic heterocycles. The molecule has 0 spiro atoms. The third kappa shape index (κ3) is 3.59. The third-order valence-corrected chi connectivity index (χ3v) is 4.40. The Balaban J connectivity index is 1.87. The first kappa shape index (κ1) is 12.7. The molecule has 0 aromatic carbocycles. The Labute approximate surface area is 109 Å². The van der Waals surface area contributed by atoms with Crippen molar-refractivity contribution in [1.29, 1.82) is 0 Å². The molecular weight excluding hydrogens is 254 g/mol. The van der Waals surface area contributed by atoms with E-state index in [1.807, 2.05) is 24.4 Å². The number of thioether (sulfide) groups is 1. The molecule has 0 aliphatic rings. The van der Waals surface area contributed by atoms with E-state index in [-0.39, 0.29) is 6.61 Å². The van der Waals surface area contributed by atoms with Crippen LogP contribution in [0.3, 0.4) is 0 Å². The summed E-state index contributed by atoms with van der Waals surface area (Å²) < 4.78 is 5.66. The zero-order chi connectivity index (χ0) is 12.1. The number of hydrogen-bond acceptors (Lipinski definition) is 5. The smallest absolute Gasteiger partial charge is 0.204 e. The van der Waals surface area contributed by atoms with Gasteiger partial charge < -0.3 is 9.52 Å². The van der Waals surface area contributed by atoms with Crippen molar-refractivity contribution in [2.24, 2.45) is 5.92 Å². The average molecular weight is 269 g/mol. The molecule has 5 heteroatoms. The SMILES string of the molecule is C[C@@H](CO)CSCc1ncc(-c2cccs2)o1. The number of hydrogen-bond donors (Lipinski definition) is 1. The van der Waals surface area contributed by atoms with E-state index in [1.165, 1.54) is 0 Å². The van der Waals surface area contributed by atoms with Gasteiger partial charge in [-0.1, -0.05) is 13.0 Å². The summed E-state index contributed by atoms with van der Waals surface area (Å²) in [6.45, 7) is 2.26. The molecule has 1 N–H and O–H groups in total. The maximum absolute atomic E-state index is 8.91. The third-order valence-electron chi connectivity index (χ3n) is 2.26. The molecule has 0 saturated heterocycles. The van der Waals surface area contributed by atoms with Crippen molar-refractivity contribution in [2.75, 3.05) is 12.4 Å². The number of aliphatic hydroxyl groups excluding tert-OH is 1. The van der Waals surface area contributed by atoms with E-state index in [4.69, 9.17) is 9.52 Å². The fraction of sp³-hybridized carbons (Fsp3) is 0.417. The monoisotopic (exact) mass is 269 g/mol. The Morgan fingerprint density at radius 3 is 3.18 bits per heavy atom. The topological polar surface area (TPSA) is 46.3 Å². The first-order valence-electron chi connectivity index (χ1n) is 5.46. The zero-order valence-corrected chi connectivity index (χ0v) is 11.3. The van der Waals surface area contributed by atoms with Gasteiger partial charge in [0.25, 0.3) is 0 Å². The molecule has 2 aromatic rings. The fourth-order valence-corrected chi connectivity index (χ4v) is 2.91. The minimum Gasteiger partial charge on any atom is -0.439 e. The van der Waals surface area contributed by atoms with Gasteiger partial charge >= 0.3 is 0 Å². The molecule has 0 unspecified atom stereocenters. The molecule has 2 rings (SSSR count). The van der Waals surface area contributed by atoms with Gasteiger partial charge in [-0.2, -0.15) is 11.8 Å². The van der Waals surface area contributed by atoms with Crippen molar-refractivity contribution < 1.29 is 9.52 Å². The Morgan fingerprint density at radius 2 is 2.47 bits per heavy atom. The summed E-state index contributed by atoms with van der Waals surface area (Å²) in [5, 5.41) is 10.9. The summed E-state index contributed by atoms with van der Waals surface area (Å²) in [4.78, 5) is 5.36. The van der Waals surface area contributed by atoms with Gasteiger partial charge in [0, 0.05) is 6.61 Å². The van der Waals surface area contributed by atoms with E-state index in [9.17, 15) is 0 Å². The number of thiophene rings is 1. The summed E-state index contributed by atoms with van der Waals surface area (Å²) in [5.74, 6) is 3.60. The normalized spacial score (nSPS) is 12.8. The summed E-state index contributed by atoms with van der Waals surface area (Å²) in [5.41, 5.74) is 0. The molecular formula is C12H15NO2S2. The van der Waals surface area contributed by atoms with Crippen molar-refractivity contribution in [2.45, 2.75) is 12.7 Å². The molecule has 17 heavy (non-hydrogen) atoms. The lowest BCUT2D eigenvalue weighted by atomic mass is 10.2. The Hall–Kier alpha value is -0.780. The molecule has 0 radical (unpaired) electrons. The Kier molecular flexibility index (Phi) is 4.65. The highest BCUT2D eigenvalue weighted by molar-refractivity contribution is 7.98. The van der Waals surface area contributed by atoms with Crippen LogP contribution < -0.4 is 0 Å². The molecule has 0 aliphatic heterocycles. The lowest BCUT2D eigenvalue weighted by molar-refractivity contribution is 0.250. The van der Waals surface area contributed by atoms with Gasteiger partial charge in [-0.05, 0) is 23.1 Å². The molecule has 0 saturated carbocycles. The van der Waals surface area contributed by atoms with Crippen molar-refractivity contribution in [3.05, 3.63) is 29.6 Å². The van der Waals surface area contributed by atoms with Gasteiger partial charge in [-0.3, -0.25) is 0 Å². The van der Waals surface area contributed by atoms with Crippen LogP contribution in [-0.2, 0) is 5.75 Å². The average Bonchev–Trinajstić information content (AvgIpc) is 2.98. The first-order chi connectivity index (χ1) is 8.29. The summed E-state index contributed by atoms with van der Waals surface area (Å²) in [7, 11) is 0. The van der Waals surface area contributed by atoms with Crippen molar-refractivity contribution in [3.63, 3.8) is 0 Å².